The number of rotatable bonds is 1. The van der Waals surface area contributed by atoms with Gasteiger partial charge in [-0.25, -0.2) is 9.97 Å². The Morgan fingerprint density at radius 2 is 2.21 bits per heavy atom. The van der Waals surface area contributed by atoms with Crippen LogP contribution in [0, 0.1) is 17.2 Å². The van der Waals surface area contributed by atoms with Crippen molar-refractivity contribution in [3.63, 3.8) is 0 Å². The highest BCUT2D eigenvalue weighted by molar-refractivity contribution is 5.38. The zero-order valence-corrected chi connectivity index (χ0v) is 10.9. The maximum Gasteiger partial charge on any atom is 0.158 e. The van der Waals surface area contributed by atoms with E-state index in [1.165, 1.54) is 12.6 Å². The zero-order chi connectivity index (χ0) is 13.3. The van der Waals surface area contributed by atoms with Gasteiger partial charge >= 0.3 is 0 Å². The highest BCUT2D eigenvalue weighted by Crippen LogP contribution is 2.40. The van der Waals surface area contributed by atoms with Crippen LogP contribution in [-0.2, 0) is 0 Å². The van der Waals surface area contributed by atoms with E-state index in [4.69, 9.17) is 5.26 Å². The van der Waals surface area contributed by atoms with Gasteiger partial charge in [-0.05, 0) is 19.3 Å². The Bertz CT molecular complexity index is 495. The molecule has 1 aliphatic heterocycles. The Morgan fingerprint density at radius 3 is 2.95 bits per heavy atom. The Balaban J connectivity index is 1.75. The van der Waals surface area contributed by atoms with Crippen LogP contribution in [0.25, 0.3) is 0 Å². The number of piperidine rings is 1. The molecule has 2 atom stereocenters. The van der Waals surface area contributed by atoms with Gasteiger partial charge < -0.3 is 10.0 Å². The largest absolute Gasteiger partial charge is 0.389 e. The molecule has 2 aliphatic rings. The van der Waals surface area contributed by atoms with Crippen molar-refractivity contribution in [2.75, 3.05) is 18.0 Å². The summed E-state index contributed by atoms with van der Waals surface area (Å²) in [6.07, 6.45) is 8.35. The van der Waals surface area contributed by atoms with Gasteiger partial charge in [-0.1, -0.05) is 12.8 Å². The number of hydrogen-bond acceptors (Lipinski definition) is 5. The van der Waals surface area contributed by atoms with E-state index in [2.05, 4.69) is 14.9 Å². The van der Waals surface area contributed by atoms with Crippen molar-refractivity contribution in [1.29, 1.82) is 5.26 Å². The maximum atomic E-state index is 10.6. The predicted molar refractivity (Wildman–Crippen MR) is 70.5 cm³/mol. The van der Waals surface area contributed by atoms with E-state index in [9.17, 15) is 5.11 Å². The minimum Gasteiger partial charge on any atom is -0.389 e. The first-order chi connectivity index (χ1) is 9.21. The minimum atomic E-state index is -0.464. The molecular weight excluding hydrogens is 240 g/mol. The average molecular weight is 258 g/mol. The van der Waals surface area contributed by atoms with Gasteiger partial charge in [0.1, 0.15) is 11.9 Å². The van der Waals surface area contributed by atoms with Gasteiger partial charge in [0.15, 0.2) is 5.69 Å². The van der Waals surface area contributed by atoms with Crippen LogP contribution in [0.3, 0.4) is 0 Å². The van der Waals surface area contributed by atoms with Crippen molar-refractivity contribution in [3.8, 4) is 6.07 Å². The molecule has 0 bridgehead atoms. The lowest BCUT2D eigenvalue weighted by molar-refractivity contribution is -0.0613. The van der Waals surface area contributed by atoms with Gasteiger partial charge in [0.2, 0.25) is 0 Å². The standard InChI is InChI=1S/C14H18N4O/c15-7-12-8-17-13(9-16-12)18-6-5-14(19)4-2-1-3-11(14)10-18/h8-9,11,19H,1-6,10H2. The number of fused-ring (bicyclic) bond motifs is 1. The SMILES string of the molecule is N#Cc1cnc(N2CCC3(O)CCCCC3C2)cn1. The highest BCUT2D eigenvalue weighted by atomic mass is 16.3. The summed E-state index contributed by atoms with van der Waals surface area (Å²) in [5, 5.41) is 19.4. The summed E-state index contributed by atoms with van der Waals surface area (Å²) in [5.74, 6) is 1.15. The molecule has 2 unspecified atom stereocenters. The second-order valence-corrected chi connectivity index (χ2v) is 5.61. The van der Waals surface area contributed by atoms with Crippen molar-refractivity contribution in [2.45, 2.75) is 37.7 Å². The minimum absolute atomic E-state index is 0.340. The molecule has 0 spiro atoms. The molecule has 1 aromatic rings. The van der Waals surface area contributed by atoms with Gasteiger partial charge in [0, 0.05) is 19.0 Å². The van der Waals surface area contributed by atoms with Crippen molar-refractivity contribution in [1.82, 2.24) is 9.97 Å². The van der Waals surface area contributed by atoms with Crippen molar-refractivity contribution < 1.29 is 5.11 Å². The van der Waals surface area contributed by atoms with E-state index in [0.717, 1.165) is 44.6 Å². The number of hydrogen-bond donors (Lipinski definition) is 1. The summed E-state index contributed by atoms with van der Waals surface area (Å²) in [6, 6.07) is 1.98. The normalized spacial score (nSPS) is 30.5. The van der Waals surface area contributed by atoms with Crippen LogP contribution in [0.5, 0.6) is 0 Å². The summed E-state index contributed by atoms with van der Waals surface area (Å²) in [4.78, 5) is 10.5. The zero-order valence-electron chi connectivity index (χ0n) is 10.9. The van der Waals surface area contributed by atoms with Gasteiger partial charge in [0.25, 0.3) is 0 Å². The third kappa shape index (κ3) is 2.28. The van der Waals surface area contributed by atoms with E-state index in [-0.39, 0.29) is 0 Å². The number of anilines is 1. The molecule has 2 heterocycles. The maximum absolute atomic E-state index is 10.6. The molecular formula is C14H18N4O. The van der Waals surface area contributed by atoms with Crippen LogP contribution in [0.1, 0.15) is 37.8 Å². The molecule has 0 aromatic carbocycles. The lowest BCUT2D eigenvalue weighted by Gasteiger charge is -2.47. The van der Waals surface area contributed by atoms with Gasteiger partial charge in [-0.15, -0.1) is 0 Å². The number of aromatic nitrogens is 2. The van der Waals surface area contributed by atoms with Crippen molar-refractivity contribution in [2.24, 2.45) is 5.92 Å². The van der Waals surface area contributed by atoms with Crippen LogP contribution in [0.2, 0.25) is 0 Å². The van der Waals surface area contributed by atoms with Crippen LogP contribution in [-0.4, -0.2) is 33.8 Å². The Labute approximate surface area is 112 Å². The highest BCUT2D eigenvalue weighted by Gasteiger charge is 2.42. The average Bonchev–Trinajstić information content (AvgIpc) is 2.46. The first-order valence-electron chi connectivity index (χ1n) is 6.91. The topological polar surface area (TPSA) is 73.0 Å². The van der Waals surface area contributed by atoms with E-state index < -0.39 is 5.60 Å². The summed E-state index contributed by atoms with van der Waals surface area (Å²) >= 11 is 0. The van der Waals surface area contributed by atoms with Gasteiger partial charge in [-0.2, -0.15) is 5.26 Å². The molecule has 3 rings (SSSR count). The lowest BCUT2D eigenvalue weighted by atomic mass is 9.71. The van der Waals surface area contributed by atoms with Crippen molar-refractivity contribution in [3.05, 3.63) is 18.1 Å². The second-order valence-electron chi connectivity index (χ2n) is 5.61. The number of aliphatic hydroxyl groups is 1. The van der Waals surface area contributed by atoms with E-state index in [1.54, 1.807) is 6.20 Å². The Kier molecular flexibility index (Phi) is 3.11. The molecule has 0 radical (unpaired) electrons. The van der Waals surface area contributed by atoms with Gasteiger partial charge in [0.05, 0.1) is 18.0 Å². The van der Waals surface area contributed by atoms with Crippen LogP contribution >= 0.6 is 0 Å². The molecule has 5 heteroatoms. The number of nitrogens with zero attached hydrogens (tertiary/aromatic N) is 4. The molecule has 2 fully saturated rings. The van der Waals surface area contributed by atoms with E-state index >= 15 is 0 Å². The Hall–Kier alpha value is -1.67. The summed E-state index contributed by atoms with van der Waals surface area (Å²) < 4.78 is 0. The van der Waals surface area contributed by atoms with Gasteiger partial charge in [-0.3, -0.25) is 0 Å². The molecule has 1 aromatic heterocycles. The summed E-state index contributed by atoms with van der Waals surface area (Å²) in [5.41, 5.74) is -0.121. The fourth-order valence-electron chi connectivity index (χ4n) is 3.32. The molecule has 1 saturated heterocycles. The molecule has 0 amide bonds. The van der Waals surface area contributed by atoms with Crippen LogP contribution in [0.15, 0.2) is 12.4 Å². The van der Waals surface area contributed by atoms with E-state index in [0.29, 0.717) is 11.6 Å². The first kappa shape index (κ1) is 12.4. The third-order valence-electron chi connectivity index (χ3n) is 4.50. The van der Waals surface area contributed by atoms with E-state index in [1.807, 2.05) is 6.07 Å². The fraction of sp³-hybridized carbons (Fsp3) is 0.643. The smallest absolute Gasteiger partial charge is 0.158 e. The molecule has 19 heavy (non-hydrogen) atoms. The second kappa shape index (κ2) is 4.78. The molecule has 1 aliphatic carbocycles. The molecule has 1 saturated carbocycles. The predicted octanol–water partition coefficient (Wildman–Crippen LogP) is 1.48. The van der Waals surface area contributed by atoms with Crippen LogP contribution in [0.4, 0.5) is 5.82 Å². The molecule has 1 N–H and O–H groups in total. The molecule has 100 valence electrons. The first-order valence-corrected chi connectivity index (χ1v) is 6.91. The monoisotopic (exact) mass is 258 g/mol. The Morgan fingerprint density at radius 1 is 1.32 bits per heavy atom. The molecule has 5 nitrogen and oxygen atoms in total. The summed E-state index contributed by atoms with van der Waals surface area (Å²) in [7, 11) is 0. The third-order valence-corrected chi connectivity index (χ3v) is 4.50. The quantitative estimate of drug-likeness (QED) is 0.826. The number of nitriles is 1. The fourth-order valence-corrected chi connectivity index (χ4v) is 3.32. The lowest BCUT2D eigenvalue weighted by Crippen LogP contribution is -2.53. The van der Waals surface area contributed by atoms with Crippen molar-refractivity contribution >= 4 is 5.82 Å². The summed E-state index contributed by atoms with van der Waals surface area (Å²) in [6.45, 7) is 1.66. The van der Waals surface area contributed by atoms with Crippen LogP contribution < -0.4 is 4.90 Å².